The Labute approximate surface area is 129 Å². The number of likely N-dealkylation sites (N-methyl/N-ethyl adjacent to an activating group) is 1. The first kappa shape index (κ1) is 16.7. The van der Waals surface area contributed by atoms with E-state index < -0.39 is 10.0 Å². The number of hydrogen-bond acceptors (Lipinski definition) is 4. The largest absolute Gasteiger partial charge is 0.379 e. The van der Waals surface area contributed by atoms with Crippen molar-refractivity contribution in [3.63, 3.8) is 0 Å². The lowest BCUT2D eigenvalue weighted by Gasteiger charge is -2.15. The maximum absolute atomic E-state index is 12.1. The lowest BCUT2D eigenvalue weighted by Crippen LogP contribution is -2.29. The van der Waals surface area contributed by atoms with Crippen molar-refractivity contribution >= 4 is 60.5 Å². The van der Waals surface area contributed by atoms with Crippen LogP contribution in [0.1, 0.15) is 0 Å². The van der Waals surface area contributed by atoms with Crippen molar-refractivity contribution in [3.05, 3.63) is 14.9 Å². The average Bonchev–Trinajstić information content (AvgIpc) is 2.65. The highest BCUT2D eigenvalue weighted by atomic mass is 79.9. The molecule has 0 saturated carbocycles. The second-order valence-corrected chi connectivity index (χ2v) is 8.74. The Morgan fingerprint density at radius 3 is 2.67 bits per heavy atom. The van der Waals surface area contributed by atoms with E-state index in [-0.39, 0.29) is 10.8 Å². The molecule has 0 N–H and O–H groups in total. The fraction of sp³-hybridized carbons (Fsp3) is 0.556. The minimum Gasteiger partial charge on any atom is -0.379 e. The number of thiophene rings is 1. The fourth-order valence-electron chi connectivity index (χ4n) is 1.08. The van der Waals surface area contributed by atoms with Gasteiger partial charge in [-0.1, -0.05) is 11.6 Å². The molecule has 1 rings (SSSR count). The van der Waals surface area contributed by atoms with Gasteiger partial charge in [-0.2, -0.15) is 4.31 Å². The lowest BCUT2D eigenvalue weighted by atomic mass is 10.7. The van der Waals surface area contributed by atoms with Gasteiger partial charge in [-0.3, -0.25) is 0 Å². The zero-order valence-corrected chi connectivity index (χ0v) is 14.3. The highest BCUT2D eigenvalue weighted by Crippen LogP contribution is 2.35. The van der Waals surface area contributed by atoms with E-state index in [1.807, 2.05) is 0 Å². The Kier molecular flexibility index (Phi) is 6.88. The number of rotatable bonds is 7. The van der Waals surface area contributed by atoms with Crippen molar-refractivity contribution in [3.8, 4) is 0 Å². The van der Waals surface area contributed by atoms with Crippen LogP contribution in [0.15, 0.2) is 14.1 Å². The molecule has 0 aliphatic rings. The Morgan fingerprint density at radius 1 is 1.50 bits per heavy atom. The van der Waals surface area contributed by atoms with Gasteiger partial charge in [0.1, 0.15) is 4.21 Å². The van der Waals surface area contributed by atoms with Gasteiger partial charge in [-0.05, 0) is 22.0 Å². The van der Waals surface area contributed by atoms with Crippen LogP contribution < -0.4 is 0 Å². The van der Waals surface area contributed by atoms with Crippen molar-refractivity contribution in [2.75, 3.05) is 32.7 Å². The summed E-state index contributed by atoms with van der Waals surface area (Å²) < 4.78 is 31.5. The molecule has 104 valence electrons. The number of halogens is 3. The molecule has 0 atom stereocenters. The minimum atomic E-state index is -3.50. The summed E-state index contributed by atoms with van der Waals surface area (Å²) in [5.41, 5.74) is 0. The predicted molar refractivity (Wildman–Crippen MR) is 78.4 cm³/mol. The van der Waals surface area contributed by atoms with Crippen molar-refractivity contribution in [2.45, 2.75) is 4.21 Å². The first-order valence-corrected chi connectivity index (χ1v) is 8.90. The smallest absolute Gasteiger partial charge is 0.252 e. The average molecular weight is 397 g/mol. The summed E-state index contributed by atoms with van der Waals surface area (Å²) in [4.78, 5) is 0. The van der Waals surface area contributed by atoms with Crippen LogP contribution in [0, 0.1) is 0 Å². The maximum Gasteiger partial charge on any atom is 0.252 e. The molecule has 0 saturated heterocycles. The van der Waals surface area contributed by atoms with Gasteiger partial charge in [0.15, 0.2) is 0 Å². The molecule has 0 aromatic carbocycles. The van der Waals surface area contributed by atoms with E-state index in [0.717, 1.165) is 11.3 Å². The zero-order chi connectivity index (χ0) is 13.8. The van der Waals surface area contributed by atoms with E-state index in [2.05, 4.69) is 15.9 Å². The molecule has 0 spiro atoms. The molecule has 0 radical (unpaired) electrons. The first-order chi connectivity index (χ1) is 8.39. The fourth-order valence-corrected chi connectivity index (χ4v) is 4.95. The molecule has 0 fully saturated rings. The molecule has 4 nitrogen and oxygen atoms in total. The van der Waals surface area contributed by atoms with E-state index in [4.69, 9.17) is 27.9 Å². The third-order valence-electron chi connectivity index (χ3n) is 2.06. The minimum absolute atomic E-state index is 0.208. The lowest BCUT2D eigenvalue weighted by molar-refractivity contribution is 0.140. The Bertz CT molecular complexity index is 473. The zero-order valence-electron chi connectivity index (χ0n) is 9.53. The Morgan fingerprint density at radius 2 is 2.17 bits per heavy atom. The van der Waals surface area contributed by atoms with Crippen molar-refractivity contribution < 1.29 is 13.2 Å². The molecule has 0 bridgehead atoms. The summed E-state index contributed by atoms with van der Waals surface area (Å²) in [6.45, 7) is 0.987. The number of nitrogens with zero attached hydrogens (tertiary/aromatic N) is 1. The standard InChI is InChI=1S/C9H12BrCl2NO3S2/c1-13(3-5-16-4-2-11)18(14,15)8-6-7(12)9(10)17-8/h6H,2-5H2,1H3. The van der Waals surface area contributed by atoms with Gasteiger partial charge in [-0.15, -0.1) is 22.9 Å². The van der Waals surface area contributed by atoms with Gasteiger partial charge in [0.25, 0.3) is 10.0 Å². The van der Waals surface area contributed by atoms with Crippen LogP contribution in [0.3, 0.4) is 0 Å². The number of alkyl halides is 1. The van der Waals surface area contributed by atoms with Crippen molar-refractivity contribution in [1.29, 1.82) is 0 Å². The van der Waals surface area contributed by atoms with Crippen molar-refractivity contribution in [1.82, 2.24) is 4.31 Å². The molecule has 1 aromatic heterocycles. The number of ether oxygens (including phenoxy) is 1. The monoisotopic (exact) mass is 395 g/mol. The predicted octanol–water partition coefficient (Wildman–Crippen LogP) is 3.04. The van der Waals surface area contributed by atoms with Crippen LogP contribution in [0.4, 0.5) is 0 Å². The third-order valence-corrected chi connectivity index (χ3v) is 6.99. The van der Waals surface area contributed by atoms with Crippen LogP contribution in [0.25, 0.3) is 0 Å². The number of hydrogen-bond donors (Lipinski definition) is 0. The maximum atomic E-state index is 12.1. The molecule has 1 heterocycles. The van der Waals surface area contributed by atoms with Gasteiger partial charge in [-0.25, -0.2) is 8.42 Å². The van der Waals surface area contributed by atoms with E-state index in [0.29, 0.717) is 27.9 Å². The van der Waals surface area contributed by atoms with Crippen LogP contribution in [-0.2, 0) is 14.8 Å². The van der Waals surface area contributed by atoms with E-state index >= 15 is 0 Å². The molecular formula is C9H12BrCl2NO3S2. The summed E-state index contributed by atoms with van der Waals surface area (Å²) in [5.74, 6) is 0.393. The van der Waals surface area contributed by atoms with Crippen LogP contribution in [0.2, 0.25) is 5.02 Å². The summed E-state index contributed by atoms with van der Waals surface area (Å²) in [7, 11) is -2.00. The van der Waals surface area contributed by atoms with Gasteiger partial charge in [0, 0.05) is 19.5 Å². The highest BCUT2D eigenvalue weighted by molar-refractivity contribution is 9.11. The van der Waals surface area contributed by atoms with Crippen LogP contribution >= 0.6 is 50.5 Å². The van der Waals surface area contributed by atoms with E-state index in [9.17, 15) is 8.42 Å². The topological polar surface area (TPSA) is 46.6 Å². The summed E-state index contributed by atoms with van der Waals surface area (Å²) >= 11 is 15.6. The molecule has 0 aliphatic heterocycles. The van der Waals surface area contributed by atoms with Gasteiger partial charge in [0.2, 0.25) is 0 Å². The van der Waals surface area contributed by atoms with E-state index in [1.165, 1.54) is 17.4 Å². The third kappa shape index (κ3) is 4.33. The quantitative estimate of drug-likeness (QED) is 0.525. The van der Waals surface area contributed by atoms with Gasteiger partial charge >= 0.3 is 0 Å². The van der Waals surface area contributed by atoms with E-state index in [1.54, 1.807) is 0 Å². The normalized spacial score (nSPS) is 12.3. The second-order valence-electron chi connectivity index (χ2n) is 3.32. The van der Waals surface area contributed by atoms with Crippen LogP contribution in [0.5, 0.6) is 0 Å². The molecule has 1 aromatic rings. The molecule has 0 aliphatic carbocycles. The molecule has 9 heteroatoms. The highest BCUT2D eigenvalue weighted by Gasteiger charge is 2.23. The van der Waals surface area contributed by atoms with Crippen LogP contribution in [-0.4, -0.2) is 45.4 Å². The molecule has 0 unspecified atom stereocenters. The van der Waals surface area contributed by atoms with Gasteiger partial charge in [0.05, 0.1) is 22.0 Å². The second kappa shape index (κ2) is 7.42. The van der Waals surface area contributed by atoms with Crippen molar-refractivity contribution in [2.24, 2.45) is 0 Å². The molecular weight excluding hydrogens is 385 g/mol. The first-order valence-electron chi connectivity index (χ1n) is 4.94. The SMILES string of the molecule is CN(CCOCCCl)S(=O)(=O)c1cc(Cl)c(Br)s1. The number of sulfonamides is 1. The molecule has 18 heavy (non-hydrogen) atoms. The summed E-state index contributed by atoms with van der Waals surface area (Å²) in [5, 5.41) is 0.394. The Hall–Kier alpha value is 0.630. The molecule has 0 amide bonds. The summed E-state index contributed by atoms with van der Waals surface area (Å²) in [6, 6.07) is 1.43. The van der Waals surface area contributed by atoms with Gasteiger partial charge < -0.3 is 4.74 Å². The Balaban J connectivity index is 2.68. The summed E-state index contributed by atoms with van der Waals surface area (Å²) in [6.07, 6.45) is 0.